The van der Waals surface area contributed by atoms with Gasteiger partial charge in [0.25, 0.3) is 0 Å². The number of pyridine rings is 1. The van der Waals surface area contributed by atoms with Crippen LogP contribution in [-0.4, -0.2) is 38.7 Å². The number of benzene rings is 1. The van der Waals surface area contributed by atoms with Crippen molar-refractivity contribution >= 4 is 66.1 Å². The van der Waals surface area contributed by atoms with Crippen molar-refractivity contribution in [3.05, 3.63) is 52.7 Å². The molecule has 1 aliphatic heterocycles. The second kappa shape index (κ2) is 7.33. The number of carbonyl (C=O) groups is 1. The number of anilines is 2. The number of thiophene rings is 1. The first-order valence-corrected chi connectivity index (χ1v) is 11.1. The number of amides is 1. The number of hydrogen-bond acceptors (Lipinski definition) is 6. The van der Waals surface area contributed by atoms with E-state index in [4.69, 9.17) is 0 Å². The molecule has 0 spiro atoms. The van der Waals surface area contributed by atoms with Gasteiger partial charge in [0.2, 0.25) is 0 Å². The average molecular weight is 441 g/mol. The van der Waals surface area contributed by atoms with Crippen LogP contribution in [-0.2, 0) is 0 Å². The first-order valence-electron chi connectivity index (χ1n) is 9.40. The van der Waals surface area contributed by atoms with Crippen molar-refractivity contribution in [1.29, 1.82) is 0 Å². The fourth-order valence-electron chi connectivity index (χ4n) is 3.79. The summed E-state index contributed by atoms with van der Waals surface area (Å²) in [5.74, 6) is -0.380. The molecule has 3 aromatic heterocycles. The summed E-state index contributed by atoms with van der Waals surface area (Å²) in [4.78, 5) is 23.3. The summed E-state index contributed by atoms with van der Waals surface area (Å²) in [6, 6.07) is 7.15. The third-order valence-corrected chi connectivity index (χ3v) is 7.21. The molecule has 2 N–H and O–H groups in total. The van der Waals surface area contributed by atoms with E-state index in [0.29, 0.717) is 24.2 Å². The zero-order valence-corrected chi connectivity index (χ0v) is 17.6. The molecule has 152 valence electrons. The van der Waals surface area contributed by atoms with Crippen molar-refractivity contribution < 1.29 is 14.3 Å². The minimum atomic E-state index is -0.914. The van der Waals surface area contributed by atoms with E-state index in [1.807, 2.05) is 25.1 Å². The van der Waals surface area contributed by atoms with Gasteiger partial charge in [-0.25, -0.2) is 19.2 Å². The minimum absolute atomic E-state index is 0.231. The van der Waals surface area contributed by atoms with E-state index in [1.165, 1.54) is 27.6 Å². The molecular weight excluding hydrogens is 423 g/mol. The van der Waals surface area contributed by atoms with Gasteiger partial charge in [0, 0.05) is 23.0 Å². The van der Waals surface area contributed by atoms with Crippen molar-refractivity contribution in [3.8, 4) is 0 Å². The van der Waals surface area contributed by atoms with Crippen LogP contribution in [0.4, 0.5) is 20.6 Å². The maximum atomic E-state index is 14.9. The molecule has 4 heterocycles. The summed E-state index contributed by atoms with van der Waals surface area (Å²) in [6.45, 7) is 2.39. The van der Waals surface area contributed by atoms with Gasteiger partial charge in [0.1, 0.15) is 10.3 Å². The predicted molar refractivity (Wildman–Crippen MR) is 119 cm³/mol. The van der Waals surface area contributed by atoms with E-state index < -0.39 is 6.09 Å². The number of aromatic nitrogens is 2. The zero-order chi connectivity index (χ0) is 20.8. The van der Waals surface area contributed by atoms with Crippen LogP contribution in [0.15, 0.2) is 42.0 Å². The number of fused-ring (bicyclic) bond motifs is 2. The monoisotopic (exact) mass is 440 g/mol. The van der Waals surface area contributed by atoms with Gasteiger partial charge < -0.3 is 15.3 Å². The molecule has 0 bridgehead atoms. The number of nitrogens with zero attached hydrogens (tertiary/aromatic N) is 3. The minimum Gasteiger partial charge on any atom is -0.465 e. The van der Waals surface area contributed by atoms with E-state index in [0.717, 1.165) is 31.1 Å². The summed E-state index contributed by atoms with van der Waals surface area (Å²) < 4.78 is 15.7. The van der Waals surface area contributed by atoms with Gasteiger partial charge in [-0.15, -0.1) is 22.7 Å². The van der Waals surface area contributed by atoms with Gasteiger partial charge in [0.05, 0.1) is 27.6 Å². The molecule has 0 fully saturated rings. The average Bonchev–Trinajstić information content (AvgIpc) is 3.37. The van der Waals surface area contributed by atoms with Crippen molar-refractivity contribution in [2.75, 3.05) is 11.9 Å². The number of hydrogen-bond donors (Lipinski definition) is 2. The Morgan fingerprint density at radius 3 is 3.00 bits per heavy atom. The Bertz CT molecular complexity index is 1310. The summed E-state index contributed by atoms with van der Waals surface area (Å²) >= 11 is 2.91. The van der Waals surface area contributed by atoms with E-state index in [2.05, 4.69) is 21.4 Å². The summed E-state index contributed by atoms with van der Waals surface area (Å²) in [7, 11) is 0. The molecule has 0 radical (unpaired) electrons. The van der Waals surface area contributed by atoms with Gasteiger partial charge in [-0.2, -0.15) is 0 Å². The molecule has 0 saturated carbocycles. The van der Waals surface area contributed by atoms with E-state index >= 15 is 0 Å². The Hall–Kier alpha value is -3.04. The maximum absolute atomic E-state index is 14.9. The molecule has 1 amide bonds. The first-order chi connectivity index (χ1) is 14.5. The molecule has 1 unspecified atom stereocenters. The van der Waals surface area contributed by atoms with Gasteiger partial charge in [-0.05, 0) is 43.2 Å². The molecule has 5 rings (SSSR count). The normalized spacial score (nSPS) is 16.8. The molecule has 9 heteroatoms. The molecule has 30 heavy (non-hydrogen) atoms. The lowest BCUT2D eigenvalue weighted by Gasteiger charge is -2.31. The maximum Gasteiger partial charge on any atom is 0.407 e. The highest BCUT2D eigenvalue weighted by Gasteiger charge is 2.27. The quantitative estimate of drug-likeness (QED) is 0.412. The Labute approximate surface area is 179 Å². The van der Waals surface area contributed by atoms with E-state index in [1.54, 1.807) is 17.8 Å². The SMILES string of the molecule is CC1C(c2cc3c(Nc4ccc5scnc5c4F)ccnc3s2)=CCCN1C(=O)O. The van der Waals surface area contributed by atoms with Gasteiger partial charge in [0.15, 0.2) is 5.82 Å². The molecule has 6 nitrogen and oxygen atoms in total. The van der Waals surface area contributed by atoms with Crippen molar-refractivity contribution in [3.63, 3.8) is 0 Å². The Morgan fingerprint density at radius 2 is 2.17 bits per heavy atom. The number of nitrogens with one attached hydrogen (secondary N) is 1. The third kappa shape index (κ3) is 3.10. The van der Waals surface area contributed by atoms with Crippen LogP contribution in [0.3, 0.4) is 0 Å². The van der Waals surface area contributed by atoms with Crippen molar-refractivity contribution in [2.24, 2.45) is 0 Å². The number of halogens is 1. The number of rotatable bonds is 3. The van der Waals surface area contributed by atoms with Crippen LogP contribution in [0, 0.1) is 5.82 Å². The third-order valence-electron chi connectivity index (χ3n) is 5.33. The van der Waals surface area contributed by atoms with Crippen LogP contribution in [0.5, 0.6) is 0 Å². The molecule has 1 aliphatic rings. The Kier molecular flexibility index (Phi) is 4.63. The number of thiazole rings is 1. The van der Waals surface area contributed by atoms with E-state index in [9.17, 15) is 14.3 Å². The second-order valence-electron chi connectivity index (χ2n) is 7.04. The zero-order valence-electron chi connectivity index (χ0n) is 15.9. The molecule has 4 aromatic rings. The smallest absolute Gasteiger partial charge is 0.407 e. The highest BCUT2D eigenvalue weighted by atomic mass is 32.1. The second-order valence-corrected chi connectivity index (χ2v) is 8.96. The molecular formula is C21H17FN4O2S2. The fraction of sp³-hybridized carbons (Fsp3) is 0.190. The van der Waals surface area contributed by atoms with Gasteiger partial charge >= 0.3 is 6.09 Å². The summed E-state index contributed by atoms with van der Waals surface area (Å²) in [6.07, 6.45) is 3.55. The summed E-state index contributed by atoms with van der Waals surface area (Å²) in [5, 5.41) is 13.5. The molecule has 1 atom stereocenters. The van der Waals surface area contributed by atoms with Crippen LogP contribution in [0.25, 0.3) is 26.0 Å². The Morgan fingerprint density at radius 1 is 1.30 bits per heavy atom. The van der Waals surface area contributed by atoms with Crippen LogP contribution < -0.4 is 5.32 Å². The van der Waals surface area contributed by atoms with Gasteiger partial charge in [-0.1, -0.05) is 6.08 Å². The molecule has 1 aromatic carbocycles. The first kappa shape index (κ1) is 19.0. The van der Waals surface area contributed by atoms with Gasteiger partial charge in [-0.3, -0.25) is 0 Å². The number of carboxylic acid groups (broad SMARTS) is 1. The lowest BCUT2D eigenvalue weighted by atomic mass is 10.00. The standard InChI is InChI=1S/C21H17FN4O2S2/c1-11-12(3-2-8-26(11)21(27)28)17-9-13-14(6-7-23-20(13)30-17)25-15-4-5-16-19(18(15)22)24-10-29-16/h3-7,9-11H,2,8H2,1H3,(H,23,25)(H,27,28). The highest BCUT2D eigenvalue weighted by Crippen LogP contribution is 2.38. The molecule has 0 saturated heterocycles. The van der Waals surface area contributed by atoms with E-state index in [-0.39, 0.29) is 11.9 Å². The van der Waals surface area contributed by atoms with Crippen molar-refractivity contribution in [2.45, 2.75) is 19.4 Å². The van der Waals surface area contributed by atoms with Crippen molar-refractivity contribution in [1.82, 2.24) is 14.9 Å². The molecule has 0 aliphatic carbocycles. The Balaban J connectivity index is 1.53. The highest BCUT2D eigenvalue weighted by molar-refractivity contribution is 7.19. The lowest BCUT2D eigenvalue weighted by molar-refractivity contribution is 0.137. The van der Waals surface area contributed by atoms with Crippen LogP contribution in [0.2, 0.25) is 0 Å². The topological polar surface area (TPSA) is 78.4 Å². The largest absolute Gasteiger partial charge is 0.465 e. The summed E-state index contributed by atoms with van der Waals surface area (Å²) in [5.41, 5.74) is 4.07. The van der Waals surface area contributed by atoms with Crippen LogP contribution in [0.1, 0.15) is 18.2 Å². The lowest BCUT2D eigenvalue weighted by Crippen LogP contribution is -2.40. The fourth-order valence-corrected chi connectivity index (χ4v) is 5.61. The van der Waals surface area contributed by atoms with Crippen LogP contribution >= 0.6 is 22.7 Å². The predicted octanol–water partition coefficient (Wildman–Crippen LogP) is 5.94.